The predicted octanol–water partition coefficient (Wildman–Crippen LogP) is 3.78. The maximum Gasteiger partial charge on any atom is 0.246 e. The number of hydrogen-bond acceptors (Lipinski definition) is 2. The molecule has 2 nitrogen and oxygen atoms in total. The van der Waals surface area contributed by atoms with E-state index in [2.05, 4.69) is 4.74 Å². The van der Waals surface area contributed by atoms with E-state index in [0.29, 0.717) is 0 Å². The molecule has 0 fully saturated rings. The summed E-state index contributed by atoms with van der Waals surface area (Å²) in [6.45, 7) is 0. The van der Waals surface area contributed by atoms with Gasteiger partial charge in [-0.3, -0.25) is 0 Å². The summed E-state index contributed by atoms with van der Waals surface area (Å²) in [4.78, 5) is 0. The van der Waals surface area contributed by atoms with Crippen LogP contribution >= 0.6 is 0 Å². The van der Waals surface area contributed by atoms with E-state index in [-0.39, 0.29) is 5.56 Å². The van der Waals surface area contributed by atoms with Crippen LogP contribution in [0, 0.1) is 11.3 Å². The van der Waals surface area contributed by atoms with Gasteiger partial charge in [-0.2, -0.15) is 5.26 Å². The van der Waals surface area contributed by atoms with E-state index < -0.39 is 34.8 Å². The molecule has 0 saturated heterocycles. The summed E-state index contributed by atoms with van der Waals surface area (Å²) >= 11 is 0. The number of hydrogen-bond donors (Lipinski definition) is 0. The molecule has 0 aromatic heterocycles. The molecule has 0 radical (unpaired) electrons. The Kier molecular flexibility index (Phi) is 3.64. The molecule has 104 valence electrons. The second kappa shape index (κ2) is 5.10. The molecule has 0 spiro atoms. The fraction of sp³-hybridized carbons (Fsp3) is 0.214. The molecular formula is C14H9F4NO. The number of ether oxygens (including phenoxy) is 1. The third-order valence-corrected chi connectivity index (χ3v) is 3.11. The molecule has 2 rings (SSSR count). The number of rotatable bonds is 2. The monoisotopic (exact) mass is 283 g/mol. The van der Waals surface area contributed by atoms with Crippen molar-refractivity contribution in [2.24, 2.45) is 0 Å². The molecule has 6 heteroatoms. The van der Waals surface area contributed by atoms with Crippen molar-refractivity contribution in [1.29, 1.82) is 5.26 Å². The Morgan fingerprint density at radius 1 is 1.20 bits per heavy atom. The molecule has 1 aromatic carbocycles. The highest BCUT2D eigenvalue weighted by molar-refractivity contribution is 5.82. The first-order valence-corrected chi connectivity index (χ1v) is 5.61. The molecule has 20 heavy (non-hydrogen) atoms. The molecule has 1 aromatic rings. The summed E-state index contributed by atoms with van der Waals surface area (Å²) in [6.07, 6.45) is -2.74. The van der Waals surface area contributed by atoms with Gasteiger partial charge in [-0.05, 0) is 5.56 Å². The van der Waals surface area contributed by atoms with E-state index in [0.717, 1.165) is 13.2 Å². The quantitative estimate of drug-likeness (QED) is 0.774. The minimum absolute atomic E-state index is 0.0251. The van der Waals surface area contributed by atoms with E-state index in [1.807, 2.05) is 0 Å². The number of alkyl halides is 1. The van der Waals surface area contributed by atoms with Crippen LogP contribution in [0.25, 0.3) is 5.57 Å². The van der Waals surface area contributed by atoms with Crippen LogP contribution in [0.2, 0.25) is 0 Å². The fourth-order valence-corrected chi connectivity index (χ4v) is 2.01. The van der Waals surface area contributed by atoms with Crippen molar-refractivity contribution in [1.82, 2.24) is 0 Å². The first-order valence-electron chi connectivity index (χ1n) is 5.61. The average Bonchev–Trinajstić information content (AvgIpc) is 2.48. The molecule has 0 amide bonds. The molecule has 0 N–H and O–H groups in total. The first kappa shape index (κ1) is 14.3. The van der Waals surface area contributed by atoms with Crippen molar-refractivity contribution in [3.05, 3.63) is 53.4 Å². The summed E-state index contributed by atoms with van der Waals surface area (Å²) in [6, 6.07) is 8.29. The van der Waals surface area contributed by atoms with Gasteiger partial charge in [0.05, 0.1) is 5.57 Å². The first-order chi connectivity index (χ1) is 9.49. The van der Waals surface area contributed by atoms with Gasteiger partial charge in [0.2, 0.25) is 11.8 Å². The van der Waals surface area contributed by atoms with Crippen molar-refractivity contribution >= 4 is 5.57 Å². The van der Waals surface area contributed by atoms with Gasteiger partial charge in [-0.15, -0.1) is 0 Å². The zero-order chi connectivity index (χ0) is 14.9. The van der Waals surface area contributed by atoms with Gasteiger partial charge in [0.25, 0.3) is 0 Å². The van der Waals surface area contributed by atoms with Gasteiger partial charge in [0.1, 0.15) is 11.9 Å². The van der Waals surface area contributed by atoms with Crippen molar-refractivity contribution in [3.63, 3.8) is 0 Å². The molecular weight excluding hydrogens is 274 g/mol. The number of nitriles is 1. The summed E-state index contributed by atoms with van der Waals surface area (Å²) in [5, 5.41) is 8.83. The maximum atomic E-state index is 14.1. The third-order valence-electron chi connectivity index (χ3n) is 3.11. The largest absolute Gasteiger partial charge is 0.354 e. The molecule has 0 heterocycles. The van der Waals surface area contributed by atoms with E-state index in [1.165, 1.54) is 24.3 Å². The Morgan fingerprint density at radius 2 is 1.80 bits per heavy atom. The zero-order valence-corrected chi connectivity index (χ0v) is 10.3. The lowest BCUT2D eigenvalue weighted by molar-refractivity contribution is -0.0115. The van der Waals surface area contributed by atoms with E-state index in [9.17, 15) is 17.6 Å². The molecule has 0 bridgehead atoms. The second-order valence-corrected chi connectivity index (χ2v) is 4.13. The smallest absolute Gasteiger partial charge is 0.246 e. The number of allylic oxidation sites excluding steroid dienone is 2. The van der Waals surface area contributed by atoms with Crippen molar-refractivity contribution in [2.45, 2.75) is 11.8 Å². The van der Waals surface area contributed by atoms with Crippen LogP contribution in [0.1, 0.15) is 5.56 Å². The Bertz CT molecular complexity index is 632. The topological polar surface area (TPSA) is 33.0 Å². The van der Waals surface area contributed by atoms with Gasteiger partial charge < -0.3 is 4.74 Å². The Labute approximate surface area is 112 Å². The van der Waals surface area contributed by atoms with Crippen LogP contribution in [0.15, 0.2) is 47.8 Å². The van der Waals surface area contributed by atoms with Gasteiger partial charge in [-0.1, -0.05) is 30.3 Å². The molecule has 1 aliphatic carbocycles. The summed E-state index contributed by atoms with van der Waals surface area (Å²) < 4.78 is 60.5. The van der Waals surface area contributed by atoms with Crippen LogP contribution in [-0.4, -0.2) is 18.9 Å². The van der Waals surface area contributed by atoms with Crippen LogP contribution in [0.5, 0.6) is 0 Å². The summed E-state index contributed by atoms with van der Waals surface area (Å²) in [5.74, 6) is -4.97. The van der Waals surface area contributed by atoms with Crippen LogP contribution < -0.4 is 0 Å². The molecule has 2 unspecified atom stereocenters. The minimum atomic E-state index is -2.92. The predicted molar refractivity (Wildman–Crippen MR) is 64.0 cm³/mol. The minimum Gasteiger partial charge on any atom is -0.354 e. The average molecular weight is 283 g/mol. The van der Waals surface area contributed by atoms with Crippen LogP contribution in [0.4, 0.5) is 17.6 Å². The van der Waals surface area contributed by atoms with Gasteiger partial charge in [0, 0.05) is 7.11 Å². The van der Waals surface area contributed by atoms with E-state index >= 15 is 0 Å². The van der Waals surface area contributed by atoms with Gasteiger partial charge in [-0.25, -0.2) is 17.6 Å². The normalized spacial score (nSPS) is 26.7. The number of halogens is 4. The number of methoxy groups -OCH3 is 1. The van der Waals surface area contributed by atoms with Crippen molar-refractivity contribution in [2.75, 3.05) is 7.11 Å². The summed E-state index contributed by atoms with van der Waals surface area (Å²) in [5.41, 5.74) is -3.78. The van der Waals surface area contributed by atoms with Gasteiger partial charge in [0.15, 0.2) is 11.7 Å². The van der Waals surface area contributed by atoms with Gasteiger partial charge >= 0.3 is 0 Å². The van der Waals surface area contributed by atoms with Crippen molar-refractivity contribution < 1.29 is 22.3 Å². The SMILES string of the molecule is COC1(C#N)C(F)=C(F)C(c2ccccc2)=C(F)C1F. The lowest BCUT2D eigenvalue weighted by atomic mass is 9.86. The second-order valence-electron chi connectivity index (χ2n) is 4.13. The Hall–Kier alpha value is -2.13. The Morgan fingerprint density at radius 3 is 2.30 bits per heavy atom. The molecule has 0 aliphatic heterocycles. The van der Waals surface area contributed by atoms with E-state index in [1.54, 1.807) is 6.07 Å². The molecule has 0 saturated carbocycles. The lowest BCUT2D eigenvalue weighted by Crippen LogP contribution is -2.44. The highest BCUT2D eigenvalue weighted by atomic mass is 19.2. The standard InChI is InChI=1S/C14H9F4NO/c1-20-14(7-19)12(17)10(15)9(11(16)13(14)18)8-5-3-2-4-6-8/h2-6,12H,1H3. The van der Waals surface area contributed by atoms with Crippen LogP contribution in [0.3, 0.4) is 0 Å². The molecule has 2 atom stereocenters. The highest BCUT2D eigenvalue weighted by Crippen LogP contribution is 2.46. The van der Waals surface area contributed by atoms with Crippen LogP contribution in [-0.2, 0) is 4.74 Å². The summed E-state index contributed by atoms with van der Waals surface area (Å²) in [7, 11) is 0.809. The number of benzene rings is 1. The zero-order valence-electron chi connectivity index (χ0n) is 10.3. The maximum absolute atomic E-state index is 14.1. The molecule has 1 aliphatic rings. The number of nitrogens with zero attached hydrogens (tertiary/aromatic N) is 1. The highest BCUT2D eigenvalue weighted by Gasteiger charge is 2.54. The Balaban J connectivity index is 2.69. The lowest BCUT2D eigenvalue weighted by Gasteiger charge is -2.31. The third kappa shape index (κ3) is 1.82. The van der Waals surface area contributed by atoms with E-state index in [4.69, 9.17) is 5.26 Å². The fourth-order valence-electron chi connectivity index (χ4n) is 2.01. The van der Waals surface area contributed by atoms with Crippen molar-refractivity contribution in [3.8, 4) is 6.07 Å².